The zero-order valence-electron chi connectivity index (χ0n) is 2.34. The Morgan fingerprint density at radius 2 is 2.00 bits per heavy atom. The van der Waals surface area contributed by atoms with Crippen molar-refractivity contribution in [1.82, 2.24) is 0 Å². The standard InChI is InChI=1S/CH2N2Se2/c2-1(4)3-5/h(H2,2,3). The van der Waals surface area contributed by atoms with E-state index in [1.807, 2.05) is 0 Å². The van der Waals surface area contributed by atoms with Gasteiger partial charge in [-0.1, -0.05) is 0 Å². The summed E-state index contributed by atoms with van der Waals surface area (Å²) in [5.74, 6) is 0. The van der Waals surface area contributed by atoms with Gasteiger partial charge in [-0.3, -0.25) is 0 Å². The first kappa shape index (κ1) is 5.51. The van der Waals surface area contributed by atoms with Crippen molar-refractivity contribution in [1.29, 1.82) is 0 Å². The molecule has 5 heavy (non-hydrogen) atoms. The van der Waals surface area contributed by atoms with Crippen LogP contribution in [0.3, 0.4) is 0 Å². The Morgan fingerprint density at radius 3 is 2.00 bits per heavy atom. The van der Waals surface area contributed by atoms with E-state index in [9.17, 15) is 0 Å². The maximum atomic E-state index is 4.95. The number of hydrogen-bond donors (Lipinski definition) is 1. The van der Waals surface area contributed by atoms with Crippen molar-refractivity contribution < 1.29 is 0 Å². The van der Waals surface area contributed by atoms with Gasteiger partial charge in [-0.2, -0.15) is 0 Å². The molecular formula is CH2N2Se2. The Bertz CT molecular complexity index is 45.6. The van der Waals surface area contributed by atoms with E-state index in [1.54, 1.807) is 0 Å². The topological polar surface area (TPSA) is 38.4 Å². The molecule has 2 radical (unpaired) electrons. The summed E-state index contributed by atoms with van der Waals surface area (Å²) in [6.45, 7) is 0. The van der Waals surface area contributed by atoms with Crippen molar-refractivity contribution >= 4 is 37.0 Å². The molecule has 0 saturated heterocycles. The van der Waals surface area contributed by atoms with Crippen molar-refractivity contribution in [2.75, 3.05) is 0 Å². The van der Waals surface area contributed by atoms with Gasteiger partial charge in [0.15, 0.2) is 0 Å². The van der Waals surface area contributed by atoms with E-state index in [2.05, 4.69) is 36.3 Å². The maximum absolute atomic E-state index is 4.95. The molecule has 0 aliphatic rings. The molecule has 4 heteroatoms. The average Bonchev–Trinajstić information content (AvgIpc) is 1.38. The number of hydrogen-bond acceptors (Lipinski definition) is 1. The molecule has 0 aromatic carbocycles. The van der Waals surface area contributed by atoms with Gasteiger partial charge in [0.2, 0.25) is 0 Å². The van der Waals surface area contributed by atoms with Gasteiger partial charge in [-0.25, -0.2) is 0 Å². The second-order valence-corrected chi connectivity index (χ2v) is 1.69. The number of nitrogens with two attached hydrogens (primary N) is 1. The van der Waals surface area contributed by atoms with Crippen molar-refractivity contribution in [3.05, 3.63) is 0 Å². The minimum absolute atomic E-state index is 0.449. The molecule has 0 heterocycles. The molecule has 0 fully saturated rings. The van der Waals surface area contributed by atoms with E-state index in [0.717, 1.165) is 0 Å². The van der Waals surface area contributed by atoms with Crippen LogP contribution in [0.25, 0.3) is 0 Å². The molecule has 0 spiro atoms. The van der Waals surface area contributed by atoms with Crippen LogP contribution >= 0.6 is 0 Å². The molecule has 2 N–H and O–H groups in total. The summed E-state index contributed by atoms with van der Waals surface area (Å²) in [5, 5.41) is 0. The summed E-state index contributed by atoms with van der Waals surface area (Å²) < 4.78 is 3.85. The van der Waals surface area contributed by atoms with E-state index in [-0.39, 0.29) is 0 Å². The van der Waals surface area contributed by atoms with E-state index >= 15 is 0 Å². The first-order chi connectivity index (χ1) is 2.27. The molecule has 0 aliphatic heterocycles. The van der Waals surface area contributed by atoms with Crippen LogP contribution in [0.4, 0.5) is 0 Å². The van der Waals surface area contributed by atoms with Gasteiger partial charge in [0, 0.05) is 0 Å². The van der Waals surface area contributed by atoms with Crippen molar-refractivity contribution in [2.24, 2.45) is 9.74 Å². The summed E-state index contributed by atoms with van der Waals surface area (Å²) >= 11 is 4.86. The molecule has 28 valence electrons. The van der Waals surface area contributed by atoms with Crippen LogP contribution in [0.15, 0.2) is 4.01 Å². The van der Waals surface area contributed by atoms with Crippen molar-refractivity contribution in [3.63, 3.8) is 0 Å². The van der Waals surface area contributed by atoms with Crippen molar-refractivity contribution in [3.8, 4) is 0 Å². The first-order valence-corrected chi connectivity index (χ1v) is 2.52. The Labute approximate surface area is 47.1 Å². The summed E-state index contributed by atoms with van der Waals surface area (Å²) in [6.07, 6.45) is 0. The van der Waals surface area contributed by atoms with Crippen LogP contribution in [-0.4, -0.2) is 37.0 Å². The molecule has 0 bridgehead atoms. The molecule has 0 atom stereocenters. The van der Waals surface area contributed by atoms with Crippen LogP contribution < -0.4 is 5.73 Å². The second kappa shape index (κ2) is 2.73. The van der Waals surface area contributed by atoms with E-state index in [1.165, 1.54) is 0 Å². The van der Waals surface area contributed by atoms with Crippen LogP contribution in [0.1, 0.15) is 0 Å². The molecule has 0 unspecified atom stereocenters. The number of amidine groups is 1. The second-order valence-electron chi connectivity index (χ2n) is 0.430. The Kier molecular flexibility index (Phi) is 3.01. The van der Waals surface area contributed by atoms with Crippen LogP contribution in [-0.2, 0) is 0 Å². The van der Waals surface area contributed by atoms with Gasteiger partial charge in [-0.05, 0) is 0 Å². The minimum atomic E-state index is 0.449. The van der Waals surface area contributed by atoms with E-state index in [4.69, 9.17) is 5.73 Å². The Hall–Kier alpha value is 0.509. The van der Waals surface area contributed by atoms with Gasteiger partial charge in [-0.15, -0.1) is 0 Å². The fraction of sp³-hybridized carbons (Fsp3) is 0. The average molecular weight is 200 g/mol. The molecular weight excluding hydrogens is 198 g/mol. The first-order valence-electron chi connectivity index (χ1n) is 0.899. The Balaban J connectivity index is 3.14. The fourth-order valence-corrected chi connectivity index (χ4v) is 0. The van der Waals surface area contributed by atoms with Gasteiger partial charge < -0.3 is 0 Å². The number of rotatable bonds is 0. The summed E-state index contributed by atoms with van der Waals surface area (Å²) in [6, 6.07) is 0. The molecule has 0 aliphatic carbocycles. The van der Waals surface area contributed by atoms with Crippen molar-refractivity contribution in [2.45, 2.75) is 0 Å². The van der Waals surface area contributed by atoms with E-state index in [0.29, 0.717) is 4.73 Å². The van der Waals surface area contributed by atoms with Gasteiger partial charge in [0.1, 0.15) is 0 Å². The van der Waals surface area contributed by atoms with Crippen LogP contribution in [0, 0.1) is 0 Å². The van der Waals surface area contributed by atoms with Crippen LogP contribution in [0.2, 0.25) is 0 Å². The zero-order valence-corrected chi connectivity index (χ0v) is 5.77. The monoisotopic (exact) mass is 202 g/mol. The molecule has 0 rings (SSSR count). The summed E-state index contributed by atoms with van der Waals surface area (Å²) in [4.78, 5) is 0. The third kappa shape index (κ3) is 4.51. The predicted octanol–water partition coefficient (Wildman–Crippen LogP) is -1.45. The SMILES string of the molecule is NC([Se])=N[Se]. The third-order valence-electron chi connectivity index (χ3n) is 0.0900. The normalized spacial score (nSPS) is 11.6. The molecule has 0 saturated carbocycles. The molecule has 0 aromatic rings. The molecule has 0 aromatic heterocycles. The third-order valence-corrected chi connectivity index (χ3v) is 1.28. The molecule has 0 amide bonds. The summed E-state index contributed by atoms with van der Waals surface area (Å²) in [5.41, 5.74) is 4.95. The van der Waals surface area contributed by atoms with Gasteiger partial charge >= 0.3 is 46.7 Å². The predicted molar refractivity (Wildman–Crippen MR) is 23.1 cm³/mol. The fourth-order valence-electron chi connectivity index (χ4n) is 0. The zero-order chi connectivity index (χ0) is 4.28. The molecule has 2 nitrogen and oxygen atoms in total. The summed E-state index contributed by atoms with van der Waals surface area (Å²) in [7, 11) is 0. The van der Waals surface area contributed by atoms with E-state index < -0.39 is 0 Å². The van der Waals surface area contributed by atoms with Gasteiger partial charge in [0.05, 0.1) is 0 Å². The quantitative estimate of drug-likeness (QED) is 0.290. The van der Waals surface area contributed by atoms with Crippen LogP contribution in [0.5, 0.6) is 0 Å². The Morgan fingerprint density at radius 1 is 1.80 bits per heavy atom. The number of nitrogens with zero attached hydrogens (tertiary/aromatic N) is 1. The van der Waals surface area contributed by atoms with Gasteiger partial charge in [0.25, 0.3) is 0 Å².